The topological polar surface area (TPSA) is 52.8 Å². The Kier molecular flexibility index (Phi) is 3.16. The van der Waals surface area contributed by atoms with Crippen LogP contribution in [0.1, 0.15) is 0 Å². The minimum atomic E-state index is 0.586. The van der Waals surface area contributed by atoms with Gasteiger partial charge in [-0.3, -0.25) is 9.67 Å². The monoisotopic (exact) mass is 266 g/mol. The third kappa shape index (κ3) is 2.25. The van der Waals surface area contributed by atoms with E-state index in [0.717, 1.165) is 22.8 Å². The molecule has 5 heteroatoms. The fourth-order valence-electron chi connectivity index (χ4n) is 2.02. The van der Waals surface area contributed by atoms with Crippen molar-refractivity contribution in [2.24, 2.45) is 7.05 Å². The predicted octanol–water partition coefficient (Wildman–Crippen LogP) is 2.55. The molecular weight excluding hydrogens is 252 g/mol. The predicted molar refractivity (Wildman–Crippen MR) is 76.2 cm³/mol. The first-order chi connectivity index (χ1) is 9.78. The summed E-state index contributed by atoms with van der Waals surface area (Å²) < 4.78 is 6.95. The smallest absolute Gasteiger partial charge is 0.213 e. The zero-order valence-electron chi connectivity index (χ0n) is 11.3. The molecule has 0 spiro atoms. The van der Waals surface area contributed by atoms with Gasteiger partial charge in [-0.05, 0) is 24.3 Å². The molecule has 0 unspecified atom stereocenters. The van der Waals surface area contributed by atoms with E-state index in [1.807, 2.05) is 49.5 Å². The number of hydrogen-bond acceptors (Lipinski definition) is 4. The summed E-state index contributed by atoms with van der Waals surface area (Å²) >= 11 is 0. The van der Waals surface area contributed by atoms with Crippen LogP contribution in [0.2, 0.25) is 0 Å². The van der Waals surface area contributed by atoms with Crippen molar-refractivity contribution >= 4 is 0 Å². The molecule has 0 fully saturated rings. The second-order valence-electron chi connectivity index (χ2n) is 4.32. The number of ether oxygens (including phenoxy) is 1. The second kappa shape index (κ2) is 5.13. The highest BCUT2D eigenvalue weighted by Gasteiger charge is 2.11. The maximum atomic E-state index is 5.15. The van der Waals surface area contributed by atoms with Crippen LogP contribution in [0, 0.1) is 0 Å². The van der Waals surface area contributed by atoms with Crippen molar-refractivity contribution in [3.63, 3.8) is 0 Å². The van der Waals surface area contributed by atoms with Gasteiger partial charge in [-0.25, -0.2) is 4.98 Å². The Hall–Kier alpha value is -2.69. The first-order valence-electron chi connectivity index (χ1n) is 6.25. The quantitative estimate of drug-likeness (QED) is 0.731. The maximum Gasteiger partial charge on any atom is 0.213 e. The van der Waals surface area contributed by atoms with Crippen molar-refractivity contribution < 1.29 is 4.74 Å². The SMILES string of the molecule is COc1cccc(-c2cc(-c3ccccn3)nn2C)n1. The van der Waals surface area contributed by atoms with Crippen molar-refractivity contribution in [1.82, 2.24) is 19.7 Å². The molecule has 0 radical (unpaired) electrons. The van der Waals surface area contributed by atoms with Gasteiger partial charge in [0.15, 0.2) is 0 Å². The third-order valence-corrected chi connectivity index (χ3v) is 3.00. The van der Waals surface area contributed by atoms with E-state index in [1.165, 1.54) is 0 Å². The van der Waals surface area contributed by atoms with E-state index in [2.05, 4.69) is 15.1 Å². The first-order valence-corrected chi connectivity index (χ1v) is 6.25. The van der Waals surface area contributed by atoms with Gasteiger partial charge in [0.1, 0.15) is 5.69 Å². The minimum absolute atomic E-state index is 0.586. The lowest BCUT2D eigenvalue weighted by molar-refractivity contribution is 0.398. The summed E-state index contributed by atoms with van der Waals surface area (Å²) in [4.78, 5) is 8.74. The summed E-state index contributed by atoms with van der Waals surface area (Å²) in [5.41, 5.74) is 3.41. The van der Waals surface area contributed by atoms with Gasteiger partial charge in [-0.15, -0.1) is 0 Å². The summed E-state index contributed by atoms with van der Waals surface area (Å²) in [5.74, 6) is 0.586. The van der Waals surface area contributed by atoms with Gasteiger partial charge in [0.05, 0.1) is 24.2 Å². The van der Waals surface area contributed by atoms with E-state index in [-0.39, 0.29) is 0 Å². The molecule has 5 nitrogen and oxygen atoms in total. The Labute approximate surface area is 116 Å². The van der Waals surface area contributed by atoms with Gasteiger partial charge in [-0.1, -0.05) is 12.1 Å². The second-order valence-corrected chi connectivity index (χ2v) is 4.32. The lowest BCUT2D eigenvalue weighted by Crippen LogP contribution is -1.96. The molecule has 0 saturated heterocycles. The van der Waals surface area contributed by atoms with E-state index in [9.17, 15) is 0 Å². The molecule has 0 aliphatic carbocycles. The van der Waals surface area contributed by atoms with Crippen molar-refractivity contribution in [3.8, 4) is 28.7 Å². The van der Waals surface area contributed by atoms with E-state index < -0.39 is 0 Å². The molecule has 0 amide bonds. The highest BCUT2D eigenvalue weighted by atomic mass is 16.5. The molecule has 3 aromatic rings. The van der Waals surface area contributed by atoms with Crippen LogP contribution in [-0.4, -0.2) is 26.9 Å². The highest BCUT2D eigenvalue weighted by Crippen LogP contribution is 2.24. The number of methoxy groups -OCH3 is 1. The lowest BCUT2D eigenvalue weighted by atomic mass is 10.2. The first kappa shape index (κ1) is 12.3. The molecule has 0 bridgehead atoms. The van der Waals surface area contributed by atoms with Crippen LogP contribution in [0.25, 0.3) is 22.8 Å². The van der Waals surface area contributed by atoms with Crippen molar-refractivity contribution in [2.45, 2.75) is 0 Å². The molecule has 0 aliphatic heterocycles. The summed E-state index contributed by atoms with van der Waals surface area (Å²) in [6.45, 7) is 0. The molecule has 0 aromatic carbocycles. The standard InChI is InChI=1S/C15H14N4O/c1-19-14(12-7-5-8-15(17-12)20-2)10-13(18-19)11-6-3-4-9-16-11/h3-10H,1-2H3. The normalized spacial score (nSPS) is 10.5. The number of aromatic nitrogens is 4. The van der Waals surface area contributed by atoms with E-state index in [1.54, 1.807) is 18.0 Å². The van der Waals surface area contributed by atoms with Crippen LogP contribution in [0.15, 0.2) is 48.7 Å². The van der Waals surface area contributed by atoms with Gasteiger partial charge in [0, 0.05) is 19.3 Å². The zero-order chi connectivity index (χ0) is 13.9. The van der Waals surface area contributed by atoms with Crippen LogP contribution < -0.4 is 4.74 Å². The number of rotatable bonds is 3. The van der Waals surface area contributed by atoms with Gasteiger partial charge in [0.25, 0.3) is 0 Å². The Morgan fingerprint density at radius 3 is 2.60 bits per heavy atom. The lowest BCUT2D eigenvalue weighted by Gasteiger charge is -2.03. The molecule has 3 aromatic heterocycles. The van der Waals surface area contributed by atoms with Crippen molar-refractivity contribution in [2.75, 3.05) is 7.11 Å². The van der Waals surface area contributed by atoms with Crippen molar-refractivity contribution in [3.05, 3.63) is 48.7 Å². The Morgan fingerprint density at radius 1 is 1.00 bits per heavy atom. The van der Waals surface area contributed by atoms with Crippen LogP contribution >= 0.6 is 0 Å². The van der Waals surface area contributed by atoms with Crippen LogP contribution in [0.3, 0.4) is 0 Å². The third-order valence-electron chi connectivity index (χ3n) is 3.00. The maximum absolute atomic E-state index is 5.15. The summed E-state index contributed by atoms with van der Waals surface area (Å²) in [5, 5.41) is 4.49. The molecule has 0 saturated carbocycles. The molecule has 0 N–H and O–H groups in total. The molecule has 100 valence electrons. The molecular formula is C15H14N4O. The average Bonchev–Trinajstić information content (AvgIpc) is 2.90. The Bertz CT molecular complexity index is 722. The highest BCUT2D eigenvalue weighted by molar-refractivity contribution is 5.64. The summed E-state index contributed by atoms with van der Waals surface area (Å²) in [6, 6.07) is 13.4. The Morgan fingerprint density at radius 2 is 1.85 bits per heavy atom. The summed E-state index contributed by atoms with van der Waals surface area (Å²) in [7, 11) is 3.50. The average molecular weight is 266 g/mol. The zero-order valence-corrected chi connectivity index (χ0v) is 11.3. The largest absolute Gasteiger partial charge is 0.481 e. The van der Waals surface area contributed by atoms with Gasteiger partial charge in [0.2, 0.25) is 5.88 Å². The fraction of sp³-hybridized carbons (Fsp3) is 0.133. The van der Waals surface area contributed by atoms with Gasteiger partial charge in [-0.2, -0.15) is 5.10 Å². The molecule has 3 rings (SSSR count). The number of pyridine rings is 2. The van der Waals surface area contributed by atoms with Crippen molar-refractivity contribution in [1.29, 1.82) is 0 Å². The molecule has 20 heavy (non-hydrogen) atoms. The Balaban J connectivity index is 2.05. The fourth-order valence-corrected chi connectivity index (χ4v) is 2.02. The van der Waals surface area contributed by atoms with Crippen LogP contribution in [-0.2, 0) is 7.05 Å². The number of hydrogen-bond donors (Lipinski definition) is 0. The van der Waals surface area contributed by atoms with Crippen LogP contribution in [0.5, 0.6) is 5.88 Å². The minimum Gasteiger partial charge on any atom is -0.481 e. The van der Waals surface area contributed by atoms with Gasteiger partial charge < -0.3 is 4.74 Å². The van der Waals surface area contributed by atoms with E-state index >= 15 is 0 Å². The number of nitrogens with zero attached hydrogens (tertiary/aromatic N) is 4. The molecule has 0 aliphatic rings. The molecule has 3 heterocycles. The van der Waals surface area contributed by atoms with E-state index in [0.29, 0.717) is 5.88 Å². The molecule has 0 atom stereocenters. The van der Waals surface area contributed by atoms with Crippen LogP contribution in [0.4, 0.5) is 0 Å². The number of aryl methyl sites for hydroxylation is 1. The summed E-state index contributed by atoms with van der Waals surface area (Å²) in [6.07, 6.45) is 1.76. The van der Waals surface area contributed by atoms with Gasteiger partial charge >= 0.3 is 0 Å². The van der Waals surface area contributed by atoms with E-state index in [4.69, 9.17) is 4.74 Å².